The van der Waals surface area contributed by atoms with Gasteiger partial charge in [0.1, 0.15) is 0 Å². The molecule has 1 aliphatic heterocycles. The van der Waals surface area contributed by atoms with Crippen molar-refractivity contribution in [2.24, 2.45) is 0 Å². The molecular formula is C17H20ClN3O3. The van der Waals surface area contributed by atoms with E-state index in [0.717, 1.165) is 25.1 Å². The van der Waals surface area contributed by atoms with Gasteiger partial charge in [0.05, 0.1) is 11.8 Å². The SMILES string of the molecule is CCC(O)(C(=O)Nc1cc(C2CCCO2)[nH]n1)c1cccc(Cl)c1. The van der Waals surface area contributed by atoms with Gasteiger partial charge in [-0.1, -0.05) is 30.7 Å². The van der Waals surface area contributed by atoms with E-state index in [0.29, 0.717) is 16.4 Å². The number of anilines is 1. The standard InChI is InChI=1S/C17H20ClN3O3/c1-2-17(23,11-5-3-6-12(18)9-11)16(22)19-15-10-13(20-21-15)14-7-4-8-24-14/h3,5-6,9-10,14,23H,2,4,7-8H2,1H3,(H2,19,20,21,22). The lowest BCUT2D eigenvalue weighted by Crippen LogP contribution is -2.39. The third-order valence-corrected chi connectivity index (χ3v) is 4.54. The summed E-state index contributed by atoms with van der Waals surface area (Å²) in [6.45, 7) is 2.47. The molecule has 1 aromatic heterocycles. The Labute approximate surface area is 145 Å². The van der Waals surface area contributed by atoms with Gasteiger partial charge >= 0.3 is 0 Å². The molecule has 1 aliphatic rings. The molecular weight excluding hydrogens is 330 g/mol. The maximum Gasteiger partial charge on any atom is 0.262 e. The zero-order valence-corrected chi connectivity index (χ0v) is 14.1. The minimum absolute atomic E-state index is 0.0128. The van der Waals surface area contributed by atoms with E-state index in [2.05, 4.69) is 15.5 Å². The number of ether oxygens (including phenoxy) is 1. The van der Waals surface area contributed by atoms with Crippen LogP contribution in [0.1, 0.15) is 43.5 Å². The van der Waals surface area contributed by atoms with E-state index in [1.807, 2.05) is 0 Å². The topological polar surface area (TPSA) is 87.2 Å². The molecule has 0 radical (unpaired) electrons. The molecule has 2 unspecified atom stereocenters. The van der Waals surface area contributed by atoms with Crippen LogP contribution >= 0.6 is 11.6 Å². The van der Waals surface area contributed by atoms with Crippen molar-refractivity contribution in [2.45, 2.75) is 37.9 Å². The Morgan fingerprint density at radius 2 is 2.38 bits per heavy atom. The van der Waals surface area contributed by atoms with Crippen LogP contribution in [0, 0.1) is 0 Å². The highest BCUT2D eigenvalue weighted by Gasteiger charge is 2.36. The molecule has 128 valence electrons. The van der Waals surface area contributed by atoms with Gasteiger partial charge in [0.2, 0.25) is 0 Å². The Kier molecular flexibility index (Phi) is 4.89. The van der Waals surface area contributed by atoms with Crippen LogP contribution in [0.4, 0.5) is 5.82 Å². The highest BCUT2D eigenvalue weighted by atomic mass is 35.5. The smallest absolute Gasteiger partial charge is 0.262 e. The fraction of sp³-hybridized carbons (Fsp3) is 0.412. The first-order chi connectivity index (χ1) is 11.5. The summed E-state index contributed by atoms with van der Waals surface area (Å²) in [5, 5.41) is 20.9. The second kappa shape index (κ2) is 6.93. The molecule has 7 heteroatoms. The van der Waals surface area contributed by atoms with Crippen molar-refractivity contribution in [3.8, 4) is 0 Å². The fourth-order valence-corrected chi connectivity index (χ4v) is 3.04. The number of H-pyrrole nitrogens is 1. The molecule has 2 atom stereocenters. The number of benzene rings is 1. The van der Waals surface area contributed by atoms with Crippen LogP contribution in [0.5, 0.6) is 0 Å². The summed E-state index contributed by atoms with van der Waals surface area (Å²) in [5.74, 6) is -0.183. The van der Waals surface area contributed by atoms with E-state index in [9.17, 15) is 9.90 Å². The van der Waals surface area contributed by atoms with Gasteiger partial charge in [-0.25, -0.2) is 0 Å². The highest BCUT2D eigenvalue weighted by Crippen LogP contribution is 2.30. The van der Waals surface area contributed by atoms with Gasteiger partial charge in [-0.3, -0.25) is 9.89 Å². The van der Waals surface area contributed by atoms with Crippen molar-refractivity contribution in [1.82, 2.24) is 10.2 Å². The van der Waals surface area contributed by atoms with E-state index in [1.54, 1.807) is 37.3 Å². The first-order valence-electron chi connectivity index (χ1n) is 7.99. The molecule has 1 saturated heterocycles. The second-order valence-electron chi connectivity index (χ2n) is 5.89. The lowest BCUT2D eigenvalue weighted by molar-refractivity contribution is -0.135. The Morgan fingerprint density at radius 3 is 3.04 bits per heavy atom. The minimum Gasteiger partial charge on any atom is -0.375 e. The van der Waals surface area contributed by atoms with E-state index in [-0.39, 0.29) is 12.5 Å². The molecule has 24 heavy (non-hydrogen) atoms. The number of aromatic amines is 1. The summed E-state index contributed by atoms with van der Waals surface area (Å²) < 4.78 is 5.58. The Morgan fingerprint density at radius 1 is 1.54 bits per heavy atom. The first-order valence-corrected chi connectivity index (χ1v) is 8.37. The normalized spacial score (nSPS) is 19.9. The second-order valence-corrected chi connectivity index (χ2v) is 6.32. The van der Waals surface area contributed by atoms with E-state index >= 15 is 0 Å². The van der Waals surface area contributed by atoms with Crippen LogP contribution in [0.3, 0.4) is 0 Å². The molecule has 3 N–H and O–H groups in total. The van der Waals surface area contributed by atoms with Gasteiger partial charge in [0, 0.05) is 17.7 Å². The molecule has 3 rings (SSSR count). The van der Waals surface area contributed by atoms with Crippen molar-refractivity contribution in [2.75, 3.05) is 11.9 Å². The minimum atomic E-state index is -1.67. The first kappa shape index (κ1) is 17.0. The lowest BCUT2D eigenvalue weighted by atomic mass is 9.90. The summed E-state index contributed by atoms with van der Waals surface area (Å²) in [6, 6.07) is 8.41. The van der Waals surface area contributed by atoms with Crippen molar-refractivity contribution >= 4 is 23.3 Å². The third-order valence-electron chi connectivity index (χ3n) is 4.31. The molecule has 1 fully saturated rings. The lowest BCUT2D eigenvalue weighted by Gasteiger charge is -2.25. The Balaban J connectivity index is 1.77. The predicted octanol–water partition coefficient (Wildman–Crippen LogP) is 3.15. The summed E-state index contributed by atoms with van der Waals surface area (Å²) in [4.78, 5) is 12.6. The van der Waals surface area contributed by atoms with Gasteiger partial charge in [-0.15, -0.1) is 0 Å². The van der Waals surface area contributed by atoms with Crippen LogP contribution in [-0.4, -0.2) is 27.8 Å². The number of carbonyl (C=O) groups is 1. The summed E-state index contributed by atoms with van der Waals surface area (Å²) in [7, 11) is 0. The fourth-order valence-electron chi connectivity index (χ4n) is 2.85. The van der Waals surface area contributed by atoms with Crippen molar-refractivity contribution < 1.29 is 14.6 Å². The molecule has 0 spiro atoms. The molecule has 0 aliphatic carbocycles. The van der Waals surface area contributed by atoms with E-state index < -0.39 is 11.5 Å². The van der Waals surface area contributed by atoms with Crippen molar-refractivity contribution in [3.05, 3.63) is 46.6 Å². The number of hydrogen-bond donors (Lipinski definition) is 3. The van der Waals surface area contributed by atoms with Crippen LogP contribution in [0.25, 0.3) is 0 Å². The average Bonchev–Trinajstić information content (AvgIpc) is 3.25. The van der Waals surface area contributed by atoms with Crippen molar-refractivity contribution in [1.29, 1.82) is 0 Å². The summed E-state index contributed by atoms with van der Waals surface area (Å²) in [5.41, 5.74) is -0.399. The third kappa shape index (κ3) is 3.31. The van der Waals surface area contributed by atoms with Crippen LogP contribution in [0.2, 0.25) is 5.02 Å². The summed E-state index contributed by atoms with van der Waals surface area (Å²) >= 11 is 5.97. The van der Waals surface area contributed by atoms with Crippen LogP contribution in [0.15, 0.2) is 30.3 Å². The number of nitrogens with zero attached hydrogens (tertiary/aromatic N) is 1. The predicted molar refractivity (Wildman–Crippen MR) is 90.8 cm³/mol. The monoisotopic (exact) mass is 349 g/mol. The van der Waals surface area contributed by atoms with Crippen molar-refractivity contribution in [3.63, 3.8) is 0 Å². The molecule has 2 heterocycles. The summed E-state index contributed by atoms with van der Waals surface area (Å²) in [6.07, 6.45) is 2.13. The van der Waals surface area contributed by atoms with Gasteiger partial charge in [0.15, 0.2) is 11.4 Å². The Bertz CT molecular complexity index is 727. The van der Waals surface area contributed by atoms with Gasteiger partial charge < -0.3 is 15.2 Å². The molecule has 0 bridgehead atoms. The maximum atomic E-state index is 12.6. The number of halogens is 1. The zero-order valence-electron chi connectivity index (χ0n) is 13.4. The maximum absolute atomic E-state index is 12.6. The number of aromatic nitrogens is 2. The van der Waals surface area contributed by atoms with Crippen LogP contribution in [-0.2, 0) is 15.1 Å². The number of rotatable bonds is 5. The average molecular weight is 350 g/mol. The number of hydrogen-bond acceptors (Lipinski definition) is 4. The van der Waals surface area contributed by atoms with Gasteiger partial charge in [0.25, 0.3) is 5.91 Å². The molecule has 6 nitrogen and oxygen atoms in total. The quantitative estimate of drug-likeness (QED) is 0.773. The number of nitrogens with one attached hydrogen (secondary N) is 2. The number of carbonyl (C=O) groups excluding carboxylic acids is 1. The molecule has 2 aromatic rings. The zero-order chi connectivity index (χ0) is 17.2. The largest absolute Gasteiger partial charge is 0.375 e. The highest BCUT2D eigenvalue weighted by molar-refractivity contribution is 6.30. The van der Waals surface area contributed by atoms with Gasteiger partial charge in [-0.2, -0.15) is 5.10 Å². The number of amides is 1. The van der Waals surface area contributed by atoms with E-state index in [4.69, 9.17) is 16.3 Å². The van der Waals surface area contributed by atoms with Crippen LogP contribution < -0.4 is 5.32 Å². The van der Waals surface area contributed by atoms with E-state index in [1.165, 1.54) is 0 Å². The number of aliphatic hydroxyl groups is 1. The van der Waals surface area contributed by atoms with Gasteiger partial charge in [-0.05, 0) is 37.0 Å². The molecule has 1 aromatic carbocycles. The molecule has 0 saturated carbocycles. The molecule has 1 amide bonds. The Hall–Kier alpha value is -1.89.